The number of hydrogen-bond acceptors (Lipinski definition) is 5. The maximum absolute atomic E-state index is 12.5. The predicted octanol–water partition coefficient (Wildman–Crippen LogP) is 1.03. The van der Waals surface area contributed by atoms with E-state index in [0.29, 0.717) is 30.6 Å². The molecule has 0 bridgehead atoms. The maximum atomic E-state index is 12.5. The fraction of sp³-hybridized carbons (Fsp3) is 0.438. The summed E-state index contributed by atoms with van der Waals surface area (Å²) in [6.45, 7) is 6.44. The van der Waals surface area contributed by atoms with E-state index in [1.807, 2.05) is 12.1 Å². The minimum Gasteiger partial charge on any atom is -0.320 e. The average Bonchev–Trinajstić information content (AvgIpc) is 2.68. The van der Waals surface area contributed by atoms with Crippen LogP contribution in [0.2, 0.25) is 0 Å². The van der Waals surface area contributed by atoms with Crippen LogP contribution in [-0.2, 0) is 6.54 Å². The molecule has 3 heterocycles. The summed E-state index contributed by atoms with van der Waals surface area (Å²) < 4.78 is 1.71. The molecule has 0 amide bonds. The molecule has 2 aromatic rings. The molecule has 0 saturated carbocycles. The number of nitrogens with two attached hydrogens (primary N) is 1. The summed E-state index contributed by atoms with van der Waals surface area (Å²) in [4.78, 5) is 23.4. The first-order valence-corrected chi connectivity index (χ1v) is 7.58. The van der Waals surface area contributed by atoms with Crippen LogP contribution in [0.25, 0.3) is 11.3 Å². The van der Waals surface area contributed by atoms with Gasteiger partial charge in [-0.2, -0.15) is 0 Å². The number of hydrogen-bond donors (Lipinski definition) is 1. The van der Waals surface area contributed by atoms with Crippen molar-refractivity contribution in [3.63, 3.8) is 0 Å². The van der Waals surface area contributed by atoms with Crippen LogP contribution >= 0.6 is 0 Å². The number of pyridine rings is 1. The Morgan fingerprint density at radius 1 is 1.27 bits per heavy atom. The summed E-state index contributed by atoms with van der Waals surface area (Å²) >= 11 is 0. The zero-order valence-electron chi connectivity index (χ0n) is 12.9. The van der Waals surface area contributed by atoms with Crippen molar-refractivity contribution in [2.24, 2.45) is 5.73 Å². The largest absolute Gasteiger partial charge is 0.320 e. The zero-order chi connectivity index (χ0) is 15.7. The van der Waals surface area contributed by atoms with E-state index < -0.39 is 0 Å². The molecule has 1 aliphatic rings. The minimum absolute atomic E-state index is 0.0436. The highest BCUT2D eigenvalue weighted by Gasteiger charge is 2.24. The van der Waals surface area contributed by atoms with E-state index in [9.17, 15) is 4.79 Å². The molecular formula is C16H21N5O. The third kappa shape index (κ3) is 2.80. The summed E-state index contributed by atoms with van der Waals surface area (Å²) in [7, 11) is 0. The summed E-state index contributed by atoms with van der Waals surface area (Å²) in [5.41, 5.74) is 7.81. The van der Waals surface area contributed by atoms with Crippen molar-refractivity contribution < 1.29 is 0 Å². The van der Waals surface area contributed by atoms with Crippen LogP contribution in [-0.4, -0.2) is 38.6 Å². The van der Waals surface area contributed by atoms with E-state index in [2.05, 4.69) is 28.7 Å². The van der Waals surface area contributed by atoms with Gasteiger partial charge in [0.25, 0.3) is 5.56 Å². The second-order valence-corrected chi connectivity index (χ2v) is 5.92. The highest BCUT2D eigenvalue weighted by Crippen LogP contribution is 2.19. The second kappa shape index (κ2) is 5.98. The quantitative estimate of drug-likeness (QED) is 0.896. The van der Waals surface area contributed by atoms with Crippen molar-refractivity contribution in [2.45, 2.75) is 32.5 Å². The molecule has 6 heteroatoms. The van der Waals surface area contributed by atoms with Crippen LogP contribution in [0.3, 0.4) is 0 Å². The number of aromatic nitrogens is 3. The molecule has 116 valence electrons. The molecule has 0 radical (unpaired) electrons. The van der Waals surface area contributed by atoms with Gasteiger partial charge in [-0.05, 0) is 26.0 Å². The minimum atomic E-state index is -0.264. The third-order valence-corrected chi connectivity index (χ3v) is 4.12. The normalized spacial score (nSPS) is 19.0. The highest BCUT2D eigenvalue weighted by molar-refractivity contribution is 5.57. The molecule has 6 nitrogen and oxygen atoms in total. The van der Waals surface area contributed by atoms with Crippen LogP contribution in [0.5, 0.6) is 0 Å². The third-order valence-electron chi connectivity index (χ3n) is 4.12. The van der Waals surface area contributed by atoms with E-state index in [4.69, 9.17) is 5.73 Å². The van der Waals surface area contributed by atoms with Gasteiger partial charge in [-0.15, -0.1) is 0 Å². The fourth-order valence-corrected chi connectivity index (χ4v) is 2.83. The zero-order valence-corrected chi connectivity index (χ0v) is 12.9. The molecule has 0 fully saturated rings. The standard InChI is InChI=1S/C16H21N5O/c1-11(2)20-7-8-21-15(22)9-14(12-3-5-18-6-4-12)19-16(21)13(17)10-20/h3-6,9,11,13H,7-8,10,17H2,1-2H3. The Morgan fingerprint density at radius 3 is 2.68 bits per heavy atom. The Balaban J connectivity index is 2.04. The van der Waals surface area contributed by atoms with E-state index in [1.165, 1.54) is 0 Å². The molecule has 1 aliphatic heterocycles. The molecule has 0 aromatic carbocycles. The molecule has 0 spiro atoms. The van der Waals surface area contributed by atoms with Crippen molar-refractivity contribution in [2.75, 3.05) is 13.1 Å². The van der Waals surface area contributed by atoms with Crippen LogP contribution in [0.1, 0.15) is 25.7 Å². The molecule has 0 aliphatic carbocycles. The number of rotatable bonds is 2. The summed E-state index contributed by atoms with van der Waals surface area (Å²) in [6, 6.07) is 5.41. The Labute approximate surface area is 129 Å². The van der Waals surface area contributed by atoms with Gasteiger partial charge < -0.3 is 5.73 Å². The van der Waals surface area contributed by atoms with Gasteiger partial charge in [0, 0.05) is 49.7 Å². The molecule has 3 rings (SSSR count). The number of fused-ring (bicyclic) bond motifs is 1. The first kappa shape index (κ1) is 14.9. The smallest absolute Gasteiger partial charge is 0.254 e. The Kier molecular flexibility index (Phi) is 4.04. The Hall–Kier alpha value is -2.05. The van der Waals surface area contributed by atoms with E-state index in [0.717, 1.165) is 12.1 Å². The van der Waals surface area contributed by atoms with Crippen molar-refractivity contribution in [3.05, 3.63) is 46.8 Å². The lowest BCUT2D eigenvalue weighted by Crippen LogP contribution is -2.36. The van der Waals surface area contributed by atoms with Gasteiger partial charge >= 0.3 is 0 Å². The van der Waals surface area contributed by atoms with Gasteiger partial charge in [-0.1, -0.05) is 0 Å². The van der Waals surface area contributed by atoms with Gasteiger partial charge in [-0.3, -0.25) is 19.2 Å². The molecule has 2 N–H and O–H groups in total. The average molecular weight is 299 g/mol. The summed E-state index contributed by atoms with van der Waals surface area (Å²) in [5.74, 6) is 0.669. The molecule has 22 heavy (non-hydrogen) atoms. The number of nitrogens with zero attached hydrogens (tertiary/aromatic N) is 4. The molecule has 1 unspecified atom stereocenters. The first-order valence-electron chi connectivity index (χ1n) is 7.58. The van der Waals surface area contributed by atoms with E-state index >= 15 is 0 Å². The fourth-order valence-electron chi connectivity index (χ4n) is 2.83. The summed E-state index contributed by atoms with van der Waals surface area (Å²) in [6.07, 6.45) is 3.39. The Bertz CT molecular complexity index is 710. The van der Waals surface area contributed by atoms with Crippen molar-refractivity contribution in [3.8, 4) is 11.3 Å². The lowest BCUT2D eigenvalue weighted by atomic mass is 10.1. The molecular weight excluding hydrogens is 278 g/mol. The van der Waals surface area contributed by atoms with Crippen LogP contribution in [0.4, 0.5) is 0 Å². The maximum Gasteiger partial charge on any atom is 0.254 e. The van der Waals surface area contributed by atoms with Gasteiger partial charge in [0.15, 0.2) is 0 Å². The van der Waals surface area contributed by atoms with Gasteiger partial charge in [0.1, 0.15) is 5.82 Å². The summed E-state index contributed by atoms with van der Waals surface area (Å²) in [5, 5.41) is 0. The van der Waals surface area contributed by atoms with Crippen molar-refractivity contribution in [1.82, 2.24) is 19.4 Å². The van der Waals surface area contributed by atoms with E-state index in [1.54, 1.807) is 23.0 Å². The van der Waals surface area contributed by atoms with Crippen molar-refractivity contribution >= 4 is 0 Å². The SMILES string of the molecule is CC(C)N1CCn2c(nc(-c3ccncc3)cc2=O)C(N)C1. The lowest BCUT2D eigenvalue weighted by molar-refractivity contribution is 0.214. The molecule has 1 atom stereocenters. The molecule has 0 saturated heterocycles. The Morgan fingerprint density at radius 2 is 2.00 bits per heavy atom. The van der Waals surface area contributed by atoms with Crippen LogP contribution in [0.15, 0.2) is 35.4 Å². The lowest BCUT2D eigenvalue weighted by Gasteiger charge is -2.25. The van der Waals surface area contributed by atoms with Gasteiger partial charge in [0.05, 0.1) is 11.7 Å². The molecule has 2 aromatic heterocycles. The second-order valence-electron chi connectivity index (χ2n) is 5.92. The van der Waals surface area contributed by atoms with Crippen LogP contribution in [0, 0.1) is 0 Å². The van der Waals surface area contributed by atoms with Gasteiger partial charge in [0.2, 0.25) is 0 Å². The van der Waals surface area contributed by atoms with Crippen LogP contribution < -0.4 is 11.3 Å². The van der Waals surface area contributed by atoms with Gasteiger partial charge in [-0.25, -0.2) is 4.98 Å². The highest BCUT2D eigenvalue weighted by atomic mass is 16.1. The topological polar surface area (TPSA) is 77.0 Å². The first-order chi connectivity index (χ1) is 10.6. The monoisotopic (exact) mass is 299 g/mol. The van der Waals surface area contributed by atoms with Crippen molar-refractivity contribution in [1.29, 1.82) is 0 Å². The van der Waals surface area contributed by atoms with E-state index in [-0.39, 0.29) is 11.6 Å². The predicted molar refractivity (Wildman–Crippen MR) is 85.4 cm³/mol.